The Morgan fingerprint density at radius 3 is 2.48 bits per heavy atom. The van der Waals surface area contributed by atoms with Gasteiger partial charge in [0.05, 0.1) is 16.2 Å². The van der Waals surface area contributed by atoms with E-state index in [9.17, 15) is 23.3 Å². The van der Waals surface area contributed by atoms with Crippen molar-refractivity contribution in [2.75, 3.05) is 4.72 Å². The standard InChI is InChI=1S/C14H12N2O6S/c1-9-6-7-10(14(17)18)8-11(9)15-23(21,22)13-5-3-2-4-12(13)16(19)20/h2-8,15H,1H3,(H,17,18). The normalized spacial score (nSPS) is 11.0. The number of hydrogen-bond donors (Lipinski definition) is 2. The summed E-state index contributed by atoms with van der Waals surface area (Å²) in [5.74, 6) is -1.21. The molecule has 0 unspecified atom stereocenters. The highest BCUT2D eigenvalue weighted by molar-refractivity contribution is 7.92. The van der Waals surface area contributed by atoms with Crippen LogP contribution in [-0.2, 0) is 10.0 Å². The predicted molar refractivity (Wildman–Crippen MR) is 82.0 cm³/mol. The first-order valence-corrected chi connectivity index (χ1v) is 7.81. The van der Waals surface area contributed by atoms with E-state index in [0.717, 1.165) is 18.2 Å². The van der Waals surface area contributed by atoms with Gasteiger partial charge in [0, 0.05) is 6.07 Å². The first-order chi connectivity index (χ1) is 10.7. The minimum atomic E-state index is -4.24. The smallest absolute Gasteiger partial charge is 0.335 e. The number of carbonyl (C=O) groups is 1. The van der Waals surface area contributed by atoms with Crippen LogP contribution in [0.25, 0.3) is 0 Å². The van der Waals surface area contributed by atoms with E-state index in [0.29, 0.717) is 5.56 Å². The van der Waals surface area contributed by atoms with Crippen molar-refractivity contribution >= 4 is 27.4 Å². The lowest BCUT2D eigenvalue weighted by Crippen LogP contribution is -2.16. The van der Waals surface area contributed by atoms with Crippen molar-refractivity contribution in [3.63, 3.8) is 0 Å². The second kappa shape index (κ2) is 6.05. The van der Waals surface area contributed by atoms with Gasteiger partial charge in [-0.2, -0.15) is 0 Å². The van der Waals surface area contributed by atoms with Crippen LogP contribution in [0.1, 0.15) is 15.9 Å². The second-order valence-corrected chi connectivity index (χ2v) is 6.32. The number of rotatable bonds is 5. The van der Waals surface area contributed by atoms with Crippen molar-refractivity contribution in [2.45, 2.75) is 11.8 Å². The zero-order valence-corrected chi connectivity index (χ0v) is 12.7. The molecule has 0 aliphatic carbocycles. The van der Waals surface area contributed by atoms with Crippen LogP contribution < -0.4 is 4.72 Å². The van der Waals surface area contributed by atoms with E-state index in [1.165, 1.54) is 24.3 Å². The second-order valence-electron chi connectivity index (χ2n) is 4.67. The fourth-order valence-electron chi connectivity index (χ4n) is 1.90. The van der Waals surface area contributed by atoms with Crippen LogP contribution in [0.15, 0.2) is 47.4 Å². The molecule has 0 saturated carbocycles. The van der Waals surface area contributed by atoms with Crippen LogP contribution in [-0.4, -0.2) is 24.4 Å². The van der Waals surface area contributed by atoms with Crippen molar-refractivity contribution < 1.29 is 23.2 Å². The lowest BCUT2D eigenvalue weighted by Gasteiger charge is -2.11. The Balaban J connectivity index is 2.50. The topological polar surface area (TPSA) is 127 Å². The largest absolute Gasteiger partial charge is 0.478 e. The van der Waals surface area contributed by atoms with E-state index < -0.39 is 31.5 Å². The van der Waals surface area contributed by atoms with Gasteiger partial charge in [-0.25, -0.2) is 13.2 Å². The molecule has 0 atom stereocenters. The van der Waals surface area contributed by atoms with E-state index in [1.807, 2.05) is 0 Å². The van der Waals surface area contributed by atoms with Gasteiger partial charge in [0.1, 0.15) is 0 Å². The monoisotopic (exact) mass is 336 g/mol. The van der Waals surface area contributed by atoms with E-state index in [2.05, 4.69) is 4.72 Å². The number of benzene rings is 2. The molecule has 0 radical (unpaired) electrons. The highest BCUT2D eigenvalue weighted by Crippen LogP contribution is 2.27. The molecule has 0 aliphatic rings. The molecule has 2 aromatic rings. The van der Waals surface area contributed by atoms with Crippen LogP contribution in [0.2, 0.25) is 0 Å². The quantitative estimate of drug-likeness (QED) is 0.637. The Kier molecular flexibility index (Phi) is 4.32. The summed E-state index contributed by atoms with van der Waals surface area (Å²) < 4.78 is 27.0. The number of aromatic carboxylic acids is 1. The number of para-hydroxylation sites is 1. The zero-order chi connectivity index (χ0) is 17.2. The zero-order valence-electron chi connectivity index (χ0n) is 11.9. The van der Waals surface area contributed by atoms with Gasteiger partial charge < -0.3 is 5.11 Å². The maximum atomic E-state index is 12.4. The highest BCUT2D eigenvalue weighted by Gasteiger charge is 2.25. The first-order valence-electron chi connectivity index (χ1n) is 6.32. The minimum absolute atomic E-state index is 0.0445. The lowest BCUT2D eigenvalue weighted by molar-refractivity contribution is -0.387. The molecule has 0 saturated heterocycles. The van der Waals surface area contributed by atoms with Gasteiger partial charge in [-0.05, 0) is 30.7 Å². The number of aryl methyl sites for hydroxylation is 1. The summed E-state index contributed by atoms with van der Waals surface area (Å²) in [5.41, 5.74) is -0.136. The summed E-state index contributed by atoms with van der Waals surface area (Å²) in [6.45, 7) is 1.59. The fraction of sp³-hybridized carbons (Fsp3) is 0.0714. The van der Waals surface area contributed by atoms with Gasteiger partial charge in [0.25, 0.3) is 15.7 Å². The van der Waals surface area contributed by atoms with Crippen molar-refractivity contribution in [3.8, 4) is 0 Å². The molecule has 2 aromatic carbocycles. The van der Waals surface area contributed by atoms with Gasteiger partial charge in [-0.3, -0.25) is 14.8 Å². The van der Waals surface area contributed by atoms with Crippen LogP contribution in [0.4, 0.5) is 11.4 Å². The lowest BCUT2D eigenvalue weighted by atomic mass is 10.1. The number of nitro benzene ring substituents is 1. The Morgan fingerprint density at radius 2 is 1.87 bits per heavy atom. The molecule has 2 rings (SSSR count). The maximum Gasteiger partial charge on any atom is 0.335 e. The predicted octanol–water partition coefficient (Wildman–Crippen LogP) is 2.40. The van der Waals surface area contributed by atoms with E-state index >= 15 is 0 Å². The van der Waals surface area contributed by atoms with E-state index in [-0.39, 0.29) is 11.3 Å². The summed E-state index contributed by atoms with van der Waals surface area (Å²) >= 11 is 0. The van der Waals surface area contributed by atoms with Gasteiger partial charge >= 0.3 is 5.97 Å². The summed E-state index contributed by atoms with van der Waals surface area (Å²) in [4.78, 5) is 20.7. The molecule has 9 heteroatoms. The molecular weight excluding hydrogens is 324 g/mol. The van der Waals surface area contributed by atoms with Crippen LogP contribution in [0.3, 0.4) is 0 Å². The molecule has 0 heterocycles. The fourth-order valence-corrected chi connectivity index (χ4v) is 3.19. The Morgan fingerprint density at radius 1 is 1.22 bits per heavy atom. The Hall–Kier alpha value is -2.94. The summed E-state index contributed by atoms with van der Waals surface area (Å²) in [6, 6.07) is 8.84. The van der Waals surface area contributed by atoms with Gasteiger partial charge in [0.2, 0.25) is 0 Å². The molecule has 0 aromatic heterocycles. The van der Waals surface area contributed by atoms with Crippen LogP contribution >= 0.6 is 0 Å². The first kappa shape index (κ1) is 16.4. The maximum absolute atomic E-state index is 12.4. The van der Waals surface area contributed by atoms with Crippen molar-refractivity contribution in [1.82, 2.24) is 0 Å². The van der Waals surface area contributed by atoms with Gasteiger partial charge in [0.15, 0.2) is 4.90 Å². The molecule has 0 aliphatic heterocycles. The molecule has 120 valence electrons. The van der Waals surface area contributed by atoms with Crippen molar-refractivity contribution in [1.29, 1.82) is 0 Å². The number of nitrogens with zero attached hydrogens (tertiary/aromatic N) is 1. The average Bonchev–Trinajstić information content (AvgIpc) is 2.49. The third-order valence-corrected chi connectivity index (χ3v) is 4.49. The molecule has 0 fully saturated rings. The third-order valence-electron chi connectivity index (χ3n) is 3.08. The van der Waals surface area contributed by atoms with Crippen molar-refractivity contribution in [2.24, 2.45) is 0 Å². The van der Waals surface area contributed by atoms with Gasteiger partial charge in [-0.15, -0.1) is 0 Å². The average molecular weight is 336 g/mol. The number of nitrogens with one attached hydrogen (secondary N) is 1. The minimum Gasteiger partial charge on any atom is -0.478 e. The molecular formula is C14H12N2O6S. The summed E-state index contributed by atoms with van der Waals surface area (Å²) in [7, 11) is -4.24. The number of sulfonamides is 1. The number of carboxylic acid groups (broad SMARTS) is 1. The summed E-state index contributed by atoms with van der Waals surface area (Å²) in [5, 5.41) is 19.9. The van der Waals surface area contributed by atoms with E-state index in [1.54, 1.807) is 6.92 Å². The van der Waals surface area contributed by atoms with Crippen LogP contribution in [0, 0.1) is 17.0 Å². The van der Waals surface area contributed by atoms with Crippen LogP contribution in [0.5, 0.6) is 0 Å². The Labute approximate surface area is 131 Å². The van der Waals surface area contributed by atoms with E-state index in [4.69, 9.17) is 5.11 Å². The van der Waals surface area contributed by atoms with Crippen molar-refractivity contribution in [3.05, 3.63) is 63.7 Å². The number of hydrogen-bond acceptors (Lipinski definition) is 5. The Bertz CT molecular complexity index is 892. The number of nitro groups is 1. The number of anilines is 1. The summed E-state index contributed by atoms with van der Waals surface area (Å²) in [6.07, 6.45) is 0. The molecule has 0 amide bonds. The molecule has 0 spiro atoms. The molecule has 23 heavy (non-hydrogen) atoms. The molecule has 0 bridgehead atoms. The molecule has 2 N–H and O–H groups in total. The highest BCUT2D eigenvalue weighted by atomic mass is 32.2. The molecule has 8 nitrogen and oxygen atoms in total. The third kappa shape index (κ3) is 3.46. The van der Waals surface area contributed by atoms with Gasteiger partial charge in [-0.1, -0.05) is 18.2 Å². The SMILES string of the molecule is Cc1ccc(C(=O)O)cc1NS(=O)(=O)c1ccccc1[N+](=O)[O-]. The number of carboxylic acids is 1.